The highest BCUT2D eigenvalue weighted by molar-refractivity contribution is 6.25. The number of aliphatic hydroxyl groups is 2. The standard InChI is InChI=1S/C34H46N4O12/c1-9-48-32(46)50-15-49-31(45)38(14-33(2,3)4)13-17-12-20(36(5)6)18-10-16-11-19-24(37(7)8)27(41)23(30(35)44)29(43)34(19,47)28(42)21(16)26(40)22(18)25(17)39/h12,16,19,21,24,39,43,47H,9-11,13-15H2,1-8H3,(H2,35,44)/t16?,19?,21?,24-,34-/m0/s1. The highest BCUT2D eigenvalue weighted by atomic mass is 16.8. The number of nitrogens with zero attached hydrogens (tertiary/aromatic N) is 3. The van der Waals surface area contributed by atoms with Gasteiger partial charge in [-0.25, -0.2) is 9.59 Å². The molecule has 5 atom stereocenters. The van der Waals surface area contributed by atoms with E-state index in [1.54, 1.807) is 32.0 Å². The van der Waals surface area contributed by atoms with Gasteiger partial charge in [-0.3, -0.25) is 24.1 Å². The molecule has 0 bridgehead atoms. The smallest absolute Gasteiger partial charge is 0.508 e. The third-order valence-electron chi connectivity index (χ3n) is 9.37. The lowest BCUT2D eigenvalue weighted by Gasteiger charge is -2.52. The first-order chi connectivity index (χ1) is 23.2. The lowest BCUT2D eigenvalue weighted by molar-refractivity contribution is -0.163. The molecule has 3 aliphatic rings. The van der Waals surface area contributed by atoms with E-state index >= 15 is 0 Å². The number of carbonyl (C=O) groups excluding carboxylic acids is 6. The van der Waals surface area contributed by atoms with Crippen LogP contribution >= 0.6 is 0 Å². The van der Waals surface area contributed by atoms with Crippen LogP contribution < -0.4 is 10.6 Å². The summed E-state index contributed by atoms with van der Waals surface area (Å²) in [5.41, 5.74) is 2.15. The third kappa shape index (κ3) is 6.73. The Morgan fingerprint density at radius 1 is 1.02 bits per heavy atom. The van der Waals surface area contributed by atoms with E-state index in [2.05, 4.69) is 4.74 Å². The molecule has 0 spiro atoms. The van der Waals surface area contributed by atoms with Gasteiger partial charge in [-0.1, -0.05) is 20.8 Å². The second-order valence-electron chi connectivity index (χ2n) is 14.6. The monoisotopic (exact) mass is 702 g/mol. The molecule has 1 aromatic carbocycles. The van der Waals surface area contributed by atoms with Crippen molar-refractivity contribution in [1.29, 1.82) is 0 Å². The Labute approximate surface area is 289 Å². The zero-order valence-electron chi connectivity index (χ0n) is 29.6. The van der Waals surface area contributed by atoms with Crippen LogP contribution in [0.5, 0.6) is 5.75 Å². The molecule has 274 valence electrons. The minimum atomic E-state index is -2.78. The zero-order valence-corrected chi connectivity index (χ0v) is 29.6. The first kappa shape index (κ1) is 38.1. The molecule has 16 heteroatoms. The third-order valence-corrected chi connectivity index (χ3v) is 9.37. The van der Waals surface area contributed by atoms with Crippen LogP contribution in [0.25, 0.3) is 0 Å². The summed E-state index contributed by atoms with van der Waals surface area (Å²) in [7, 11) is 6.50. The summed E-state index contributed by atoms with van der Waals surface area (Å²) >= 11 is 0. The average molecular weight is 703 g/mol. The number of nitrogens with two attached hydrogens (primary N) is 1. The second-order valence-corrected chi connectivity index (χ2v) is 14.6. The van der Waals surface area contributed by atoms with E-state index < -0.39 is 94.2 Å². The number of primary amides is 1. The van der Waals surface area contributed by atoms with E-state index in [1.807, 2.05) is 20.8 Å². The molecule has 0 saturated heterocycles. The van der Waals surface area contributed by atoms with Gasteiger partial charge in [0.1, 0.15) is 17.1 Å². The topological polar surface area (TPSA) is 227 Å². The fourth-order valence-corrected chi connectivity index (χ4v) is 7.42. The van der Waals surface area contributed by atoms with E-state index in [-0.39, 0.29) is 43.7 Å². The van der Waals surface area contributed by atoms with E-state index in [4.69, 9.17) is 15.2 Å². The Morgan fingerprint density at radius 3 is 2.20 bits per heavy atom. The maximum atomic E-state index is 14.4. The fraction of sp³-hybridized carbons (Fsp3) is 0.588. The first-order valence-electron chi connectivity index (χ1n) is 16.2. The Balaban J connectivity index is 1.79. The normalized spacial score (nSPS) is 24.6. The van der Waals surface area contributed by atoms with Crippen LogP contribution in [-0.2, 0) is 41.6 Å². The number of aromatic hydroxyl groups is 1. The number of ketones is 3. The molecule has 0 heterocycles. The molecule has 3 unspecified atom stereocenters. The molecule has 1 fully saturated rings. The maximum absolute atomic E-state index is 14.4. The van der Waals surface area contributed by atoms with Gasteiger partial charge in [0, 0.05) is 37.8 Å². The van der Waals surface area contributed by atoms with Crippen molar-refractivity contribution in [2.45, 2.75) is 58.7 Å². The van der Waals surface area contributed by atoms with E-state index in [0.29, 0.717) is 11.3 Å². The Bertz CT molecular complexity index is 1640. The van der Waals surface area contributed by atoms with Crippen LogP contribution in [0, 0.1) is 23.2 Å². The average Bonchev–Trinajstić information content (AvgIpc) is 2.98. The van der Waals surface area contributed by atoms with Crippen molar-refractivity contribution in [2.24, 2.45) is 28.9 Å². The SMILES string of the molecule is CCOC(=O)OCOC(=O)N(Cc1cc(N(C)C)c2c(c1O)C(=O)C1C(=O)[C@]3(O)C(O)=C(C(N)=O)C(=O)[C@@H](N(C)C)C3CC1C2)CC(C)(C)C. The predicted molar refractivity (Wildman–Crippen MR) is 176 cm³/mol. The number of aliphatic hydroxyl groups excluding tert-OH is 1. The molecular formula is C34H46N4O12. The number of phenols is 1. The minimum Gasteiger partial charge on any atom is -0.508 e. The predicted octanol–water partition coefficient (Wildman–Crippen LogP) is 1.68. The molecule has 0 aromatic heterocycles. The molecule has 50 heavy (non-hydrogen) atoms. The quantitative estimate of drug-likeness (QED) is 0.124. The molecule has 3 aliphatic carbocycles. The van der Waals surface area contributed by atoms with Gasteiger partial charge in [0.2, 0.25) is 6.79 Å². The molecule has 0 aliphatic heterocycles. The van der Waals surface area contributed by atoms with E-state index in [1.165, 1.54) is 23.9 Å². The van der Waals surface area contributed by atoms with Gasteiger partial charge in [0.15, 0.2) is 23.0 Å². The van der Waals surface area contributed by atoms with E-state index in [0.717, 1.165) is 0 Å². The van der Waals surface area contributed by atoms with Crippen molar-refractivity contribution in [3.63, 3.8) is 0 Å². The minimum absolute atomic E-state index is 0.0583. The summed E-state index contributed by atoms with van der Waals surface area (Å²) in [6, 6.07) is 0.418. The highest BCUT2D eigenvalue weighted by Gasteiger charge is 2.66. The van der Waals surface area contributed by atoms with Crippen LogP contribution in [0.3, 0.4) is 0 Å². The number of likely N-dealkylation sites (N-methyl/N-ethyl adjacent to an activating group) is 1. The van der Waals surface area contributed by atoms with Gasteiger partial charge in [-0.15, -0.1) is 0 Å². The van der Waals surface area contributed by atoms with Crippen molar-refractivity contribution >= 4 is 41.2 Å². The van der Waals surface area contributed by atoms with Crippen molar-refractivity contribution < 1.29 is 58.3 Å². The van der Waals surface area contributed by atoms with Gasteiger partial charge in [-0.05, 0) is 56.8 Å². The van der Waals surface area contributed by atoms with Crippen molar-refractivity contribution in [3.05, 3.63) is 34.1 Å². The van der Waals surface area contributed by atoms with Crippen molar-refractivity contribution in [3.8, 4) is 5.75 Å². The van der Waals surface area contributed by atoms with Gasteiger partial charge < -0.3 is 45.1 Å². The summed E-state index contributed by atoms with van der Waals surface area (Å²) in [4.78, 5) is 83.5. The number of hydrogen-bond acceptors (Lipinski definition) is 14. The number of amides is 2. The van der Waals surface area contributed by atoms with Crippen LogP contribution in [0.4, 0.5) is 15.3 Å². The van der Waals surface area contributed by atoms with Gasteiger partial charge >= 0.3 is 12.2 Å². The summed E-state index contributed by atoms with van der Waals surface area (Å²) in [6.45, 7) is 6.36. The van der Waals surface area contributed by atoms with Gasteiger partial charge in [-0.2, -0.15) is 0 Å². The van der Waals surface area contributed by atoms with Gasteiger partial charge in [0.05, 0.1) is 30.7 Å². The number of carbonyl (C=O) groups is 6. The maximum Gasteiger partial charge on any atom is 0.511 e. The summed E-state index contributed by atoms with van der Waals surface area (Å²) in [5, 5.41) is 34.7. The van der Waals surface area contributed by atoms with Crippen LogP contribution in [0.1, 0.15) is 55.6 Å². The van der Waals surface area contributed by atoms with Crippen molar-refractivity contribution in [2.75, 3.05) is 53.0 Å². The fourth-order valence-electron chi connectivity index (χ4n) is 7.42. The molecule has 1 aromatic rings. The number of Topliss-reactive ketones (excluding diaryl/α,β-unsaturated/α-hetero) is 3. The number of fused-ring (bicyclic) bond motifs is 3. The van der Waals surface area contributed by atoms with Crippen LogP contribution in [0.15, 0.2) is 17.4 Å². The number of ether oxygens (including phenoxy) is 3. The Morgan fingerprint density at radius 2 is 1.66 bits per heavy atom. The summed E-state index contributed by atoms with van der Waals surface area (Å²) < 4.78 is 14.6. The summed E-state index contributed by atoms with van der Waals surface area (Å²) in [5.74, 6) is -9.28. The molecule has 0 radical (unpaired) electrons. The van der Waals surface area contributed by atoms with E-state index in [9.17, 15) is 44.1 Å². The van der Waals surface area contributed by atoms with Crippen LogP contribution in [-0.4, -0.2) is 120 Å². The molecule has 1 saturated carbocycles. The Kier molecular flexibility index (Phi) is 10.6. The number of anilines is 1. The molecular weight excluding hydrogens is 656 g/mol. The molecule has 4 rings (SSSR count). The second kappa shape index (κ2) is 13.9. The zero-order chi connectivity index (χ0) is 37.6. The Hall–Kier alpha value is -4.70. The number of hydrogen-bond donors (Lipinski definition) is 4. The molecule has 16 nitrogen and oxygen atoms in total. The van der Waals surface area contributed by atoms with Gasteiger partial charge in [0.25, 0.3) is 5.91 Å². The number of benzene rings is 1. The lowest BCUT2D eigenvalue weighted by atomic mass is 9.54. The highest BCUT2D eigenvalue weighted by Crippen LogP contribution is 2.53. The van der Waals surface area contributed by atoms with Crippen molar-refractivity contribution in [1.82, 2.24) is 9.80 Å². The number of rotatable bonds is 9. The first-order valence-corrected chi connectivity index (χ1v) is 16.2. The van der Waals surface area contributed by atoms with Crippen LogP contribution in [0.2, 0.25) is 0 Å². The summed E-state index contributed by atoms with van der Waals surface area (Å²) in [6.07, 6.45) is -1.88. The molecule has 2 amide bonds. The lowest BCUT2D eigenvalue weighted by Crippen LogP contribution is -2.68. The largest absolute Gasteiger partial charge is 0.511 e. The number of phenolic OH excluding ortho intramolecular Hbond substituents is 1. The molecule has 5 N–H and O–H groups in total.